The topological polar surface area (TPSA) is 54.4 Å². The fourth-order valence-corrected chi connectivity index (χ4v) is 2.83. The number of sulfone groups is 1. The van der Waals surface area contributed by atoms with Gasteiger partial charge in [-0.05, 0) is 29.8 Å². The van der Waals surface area contributed by atoms with E-state index in [1.807, 2.05) is 25.1 Å². The predicted molar refractivity (Wildman–Crippen MR) is 67.8 cm³/mol. The third-order valence-electron chi connectivity index (χ3n) is 2.69. The minimum Gasteiger partial charge on any atom is -0.395 e. The average molecular weight is 250 g/mol. The lowest BCUT2D eigenvalue weighted by molar-refractivity contribution is 0.319. The molecular formula is C13H14O3S. The van der Waals surface area contributed by atoms with Crippen molar-refractivity contribution in [1.29, 1.82) is 0 Å². The van der Waals surface area contributed by atoms with E-state index in [4.69, 9.17) is 5.11 Å². The summed E-state index contributed by atoms with van der Waals surface area (Å²) in [5.41, 5.74) is 1.14. The highest BCUT2D eigenvalue weighted by atomic mass is 32.2. The Balaban J connectivity index is 2.56. The molecule has 2 aromatic carbocycles. The monoisotopic (exact) mass is 250 g/mol. The van der Waals surface area contributed by atoms with Crippen LogP contribution in [0.5, 0.6) is 0 Å². The molecule has 1 N–H and O–H groups in total. The zero-order valence-electron chi connectivity index (χ0n) is 9.55. The summed E-state index contributed by atoms with van der Waals surface area (Å²) >= 11 is 0. The summed E-state index contributed by atoms with van der Waals surface area (Å²) in [6.07, 6.45) is 0. The van der Waals surface area contributed by atoms with Gasteiger partial charge in [-0.25, -0.2) is 8.42 Å². The lowest BCUT2D eigenvalue weighted by atomic mass is 10.1. The van der Waals surface area contributed by atoms with Crippen molar-refractivity contribution in [3.05, 3.63) is 42.0 Å². The van der Waals surface area contributed by atoms with Gasteiger partial charge >= 0.3 is 0 Å². The van der Waals surface area contributed by atoms with Gasteiger partial charge in [0.25, 0.3) is 0 Å². The van der Waals surface area contributed by atoms with Gasteiger partial charge in [-0.2, -0.15) is 0 Å². The molecule has 2 rings (SSSR count). The summed E-state index contributed by atoms with van der Waals surface area (Å²) in [6.45, 7) is 1.64. The van der Waals surface area contributed by atoms with Gasteiger partial charge in [0, 0.05) is 0 Å². The Bertz CT molecular complexity index is 645. The van der Waals surface area contributed by atoms with Crippen LogP contribution in [0.2, 0.25) is 0 Å². The fourth-order valence-electron chi connectivity index (χ4n) is 1.77. The van der Waals surface area contributed by atoms with E-state index in [1.54, 1.807) is 18.2 Å². The molecule has 0 bridgehead atoms. The molecule has 0 aliphatic rings. The number of aliphatic hydroxyl groups excluding tert-OH is 1. The third-order valence-corrected chi connectivity index (χ3v) is 4.38. The fraction of sp³-hybridized carbons (Fsp3) is 0.231. The van der Waals surface area contributed by atoms with Crippen molar-refractivity contribution in [1.82, 2.24) is 0 Å². The standard InChI is InChI=1S/C13H14O3S/c1-10-2-3-12-9-13(5-4-11(12)8-10)17(15,16)7-6-14/h2-5,8-9,14H,6-7H2,1H3. The van der Waals surface area contributed by atoms with E-state index in [0.29, 0.717) is 0 Å². The van der Waals surface area contributed by atoms with E-state index in [0.717, 1.165) is 16.3 Å². The summed E-state index contributed by atoms with van der Waals surface area (Å²) in [5, 5.41) is 10.7. The number of aliphatic hydroxyl groups is 1. The molecule has 2 aromatic rings. The molecule has 0 aliphatic heterocycles. The summed E-state index contributed by atoms with van der Waals surface area (Å²) < 4.78 is 23.6. The van der Waals surface area contributed by atoms with Gasteiger partial charge in [0.2, 0.25) is 0 Å². The third kappa shape index (κ3) is 2.48. The molecule has 0 fully saturated rings. The molecule has 4 heteroatoms. The Kier molecular flexibility index (Phi) is 3.17. The lowest BCUT2D eigenvalue weighted by Gasteiger charge is -2.05. The van der Waals surface area contributed by atoms with Gasteiger partial charge in [0.05, 0.1) is 17.3 Å². The molecule has 0 saturated carbocycles. The van der Waals surface area contributed by atoms with Gasteiger partial charge in [0.15, 0.2) is 9.84 Å². The van der Waals surface area contributed by atoms with Crippen molar-refractivity contribution >= 4 is 20.6 Å². The second-order valence-electron chi connectivity index (χ2n) is 4.05. The largest absolute Gasteiger partial charge is 0.395 e. The first-order valence-corrected chi connectivity index (χ1v) is 7.02. The maximum Gasteiger partial charge on any atom is 0.180 e. The maximum absolute atomic E-state index is 11.8. The van der Waals surface area contributed by atoms with Crippen molar-refractivity contribution in [3.8, 4) is 0 Å². The van der Waals surface area contributed by atoms with Crippen LogP contribution in [0.25, 0.3) is 10.8 Å². The van der Waals surface area contributed by atoms with Crippen molar-refractivity contribution in [2.75, 3.05) is 12.4 Å². The molecule has 0 atom stereocenters. The van der Waals surface area contributed by atoms with E-state index in [2.05, 4.69) is 0 Å². The first-order valence-electron chi connectivity index (χ1n) is 5.37. The first-order chi connectivity index (χ1) is 8.03. The summed E-state index contributed by atoms with van der Waals surface area (Å²) in [6, 6.07) is 10.9. The summed E-state index contributed by atoms with van der Waals surface area (Å²) in [5.74, 6) is -0.232. The molecule has 0 heterocycles. The molecule has 0 aliphatic carbocycles. The molecule has 17 heavy (non-hydrogen) atoms. The van der Waals surface area contributed by atoms with Crippen LogP contribution >= 0.6 is 0 Å². The van der Waals surface area contributed by atoms with Crippen LogP contribution in [0, 0.1) is 6.92 Å². The molecular weight excluding hydrogens is 236 g/mol. The molecule has 3 nitrogen and oxygen atoms in total. The summed E-state index contributed by atoms with van der Waals surface area (Å²) in [4.78, 5) is 0.267. The SMILES string of the molecule is Cc1ccc2cc(S(=O)(=O)CCO)ccc2c1. The van der Waals surface area contributed by atoms with Crippen molar-refractivity contribution < 1.29 is 13.5 Å². The highest BCUT2D eigenvalue weighted by Gasteiger charge is 2.13. The molecule has 0 unspecified atom stereocenters. The number of aryl methyl sites for hydroxylation is 1. The van der Waals surface area contributed by atoms with E-state index in [1.165, 1.54) is 0 Å². The quantitative estimate of drug-likeness (QED) is 0.905. The van der Waals surface area contributed by atoms with E-state index >= 15 is 0 Å². The predicted octanol–water partition coefficient (Wildman–Crippen LogP) is 1.91. The molecule has 0 radical (unpaired) electrons. The Hall–Kier alpha value is -1.39. The molecule has 90 valence electrons. The maximum atomic E-state index is 11.8. The molecule has 0 spiro atoms. The second kappa shape index (κ2) is 4.47. The Morgan fingerprint density at radius 1 is 1.06 bits per heavy atom. The van der Waals surface area contributed by atoms with Gasteiger partial charge in [-0.1, -0.05) is 29.8 Å². The highest BCUT2D eigenvalue weighted by Crippen LogP contribution is 2.21. The lowest BCUT2D eigenvalue weighted by Crippen LogP contribution is -2.09. The van der Waals surface area contributed by atoms with Crippen LogP contribution in [-0.2, 0) is 9.84 Å². The van der Waals surface area contributed by atoms with Crippen molar-refractivity contribution in [2.24, 2.45) is 0 Å². The molecule has 0 aromatic heterocycles. The number of rotatable bonds is 3. The van der Waals surface area contributed by atoms with E-state index < -0.39 is 9.84 Å². The molecule has 0 saturated heterocycles. The zero-order valence-corrected chi connectivity index (χ0v) is 10.4. The van der Waals surface area contributed by atoms with Crippen LogP contribution in [0.1, 0.15) is 5.56 Å². The average Bonchev–Trinajstić information content (AvgIpc) is 2.28. The second-order valence-corrected chi connectivity index (χ2v) is 6.16. The Labute approximate surface area is 101 Å². The molecule has 0 amide bonds. The van der Waals surface area contributed by atoms with Gasteiger partial charge < -0.3 is 5.11 Å². The van der Waals surface area contributed by atoms with Gasteiger partial charge in [-0.3, -0.25) is 0 Å². The minimum absolute atomic E-state index is 0.232. The smallest absolute Gasteiger partial charge is 0.180 e. The van der Waals surface area contributed by atoms with Gasteiger partial charge in [-0.15, -0.1) is 0 Å². The van der Waals surface area contributed by atoms with Gasteiger partial charge in [0.1, 0.15) is 0 Å². The highest BCUT2D eigenvalue weighted by molar-refractivity contribution is 7.91. The van der Waals surface area contributed by atoms with Crippen LogP contribution in [0.3, 0.4) is 0 Å². The van der Waals surface area contributed by atoms with E-state index in [-0.39, 0.29) is 17.3 Å². The Morgan fingerprint density at radius 2 is 1.71 bits per heavy atom. The van der Waals surface area contributed by atoms with Crippen LogP contribution < -0.4 is 0 Å². The van der Waals surface area contributed by atoms with Crippen molar-refractivity contribution in [3.63, 3.8) is 0 Å². The van der Waals surface area contributed by atoms with Crippen LogP contribution in [0.4, 0.5) is 0 Å². The van der Waals surface area contributed by atoms with Crippen LogP contribution in [0.15, 0.2) is 41.3 Å². The normalized spacial score (nSPS) is 11.9. The van der Waals surface area contributed by atoms with Crippen molar-refractivity contribution in [2.45, 2.75) is 11.8 Å². The first kappa shape index (κ1) is 12.1. The minimum atomic E-state index is -3.36. The van der Waals surface area contributed by atoms with Crippen LogP contribution in [-0.4, -0.2) is 25.9 Å². The number of fused-ring (bicyclic) bond motifs is 1. The number of benzene rings is 2. The number of hydrogen-bond acceptors (Lipinski definition) is 3. The number of hydrogen-bond donors (Lipinski definition) is 1. The Morgan fingerprint density at radius 3 is 2.41 bits per heavy atom. The summed E-state index contributed by atoms with van der Waals surface area (Å²) in [7, 11) is -3.36. The zero-order chi connectivity index (χ0) is 12.5. The van der Waals surface area contributed by atoms with E-state index in [9.17, 15) is 8.42 Å².